The van der Waals surface area contributed by atoms with Crippen LogP contribution in [0, 0.1) is 35.4 Å². The number of halogens is 1. The summed E-state index contributed by atoms with van der Waals surface area (Å²) < 4.78 is 18.9. The molecule has 3 heterocycles. The fourth-order valence-corrected chi connectivity index (χ4v) is 10.0. The predicted octanol–water partition coefficient (Wildman–Crippen LogP) is 3.97. The number of aromatic nitrogens is 1. The fourth-order valence-electron chi connectivity index (χ4n) is 7.12. The molecule has 0 spiro atoms. The highest BCUT2D eigenvalue weighted by molar-refractivity contribution is 8.00. The number of rotatable bonds is 3. The number of nitrogens with zero attached hydrogens (tertiary/aromatic N) is 1. The van der Waals surface area contributed by atoms with Crippen LogP contribution in [0.15, 0.2) is 52.3 Å². The van der Waals surface area contributed by atoms with Crippen LogP contribution in [0.3, 0.4) is 0 Å². The van der Waals surface area contributed by atoms with Crippen molar-refractivity contribution in [1.82, 2.24) is 4.98 Å². The van der Waals surface area contributed by atoms with E-state index < -0.39 is 17.7 Å². The summed E-state index contributed by atoms with van der Waals surface area (Å²) in [6.45, 7) is 0. The number of fused-ring (bicyclic) bond motifs is 9. The van der Waals surface area contributed by atoms with Crippen LogP contribution in [0.4, 0.5) is 10.1 Å². The number of phenolic OH excluding ortho intramolecular Hbond substituents is 1. The monoisotopic (exact) mass is 524 g/mol. The van der Waals surface area contributed by atoms with E-state index in [1.165, 1.54) is 47.6 Å². The van der Waals surface area contributed by atoms with E-state index in [1.54, 1.807) is 23.9 Å². The minimum absolute atomic E-state index is 0.00467. The number of thioether (sulfide) groups is 1. The molecule has 0 radical (unpaired) electrons. The SMILES string of the molecule is COc1cc([C@@H]2c3sc(=O)[nH]c3S[C@@H]3[C@H]4C[C@@H]([C@@H]5C(=O)N(c6ccc(F)cc6)C(=O)[C@H]45)[C@@H]23)ccc1O. The molecule has 2 N–H and O–H groups in total. The third-order valence-electron chi connectivity index (χ3n) is 8.37. The van der Waals surface area contributed by atoms with Gasteiger partial charge in [-0.15, -0.1) is 11.8 Å². The number of amides is 2. The minimum atomic E-state index is -0.437. The molecular formula is C26H21FN2O5S2. The Morgan fingerprint density at radius 3 is 2.50 bits per heavy atom. The lowest BCUT2D eigenvalue weighted by molar-refractivity contribution is -0.123. The van der Waals surface area contributed by atoms with Gasteiger partial charge in [0, 0.05) is 16.0 Å². The number of carbonyl (C=O) groups excluding carboxylic acids is 2. The Hall–Kier alpha value is -3.11. The number of aromatic amines is 1. The second-order valence-corrected chi connectivity index (χ2v) is 12.1. The Bertz CT molecular complexity index is 1480. The van der Waals surface area contributed by atoms with Gasteiger partial charge in [-0.05, 0) is 66.1 Å². The van der Waals surface area contributed by atoms with Gasteiger partial charge in [0.25, 0.3) is 0 Å². The number of hydrogen-bond acceptors (Lipinski definition) is 7. The maximum Gasteiger partial charge on any atom is 0.305 e. The number of methoxy groups -OCH3 is 1. The zero-order valence-corrected chi connectivity index (χ0v) is 20.6. The summed E-state index contributed by atoms with van der Waals surface area (Å²) in [7, 11) is 1.49. The molecule has 2 aliphatic heterocycles. The molecule has 2 bridgehead atoms. The molecule has 4 aliphatic rings. The summed E-state index contributed by atoms with van der Waals surface area (Å²) in [5, 5.41) is 11.1. The van der Waals surface area contributed by atoms with Gasteiger partial charge in [-0.1, -0.05) is 17.4 Å². The van der Waals surface area contributed by atoms with Crippen molar-refractivity contribution in [3.63, 3.8) is 0 Å². The number of nitrogens with one attached hydrogen (secondary N) is 1. The van der Waals surface area contributed by atoms with Crippen LogP contribution in [0.2, 0.25) is 0 Å². The van der Waals surface area contributed by atoms with Gasteiger partial charge < -0.3 is 14.8 Å². The molecule has 2 aliphatic carbocycles. The van der Waals surface area contributed by atoms with Crippen molar-refractivity contribution in [2.75, 3.05) is 12.0 Å². The van der Waals surface area contributed by atoms with Crippen LogP contribution < -0.4 is 14.5 Å². The van der Waals surface area contributed by atoms with E-state index in [0.717, 1.165) is 21.9 Å². The molecule has 7 rings (SSSR count). The Morgan fingerprint density at radius 2 is 1.78 bits per heavy atom. The Morgan fingerprint density at radius 1 is 1.06 bits per heavy atom. The number of hydrogen-bond donors (Lipinski definition) is 2. The molecular weight excluding hydrogens is 503 g/mol. The Balaban J connectivity index is 1.33. The van der Waals surface area contributed by atoms with E-state index in [-0.39, 0.29) is 51.4 Å². The molecule has 0 unspecified atom stereocenters. The predicted molar refractivity (Wildman–Crippen MR) is 132 cm³/mol. The number of carbonyl (C=O) groups is 2. The zero-order chi connectivity index (χ0) is 24.9. The molecule has 3 fully saturated rings. The number of phenols is 1. The first-order valence-electron chi connectivity index (χ1n) is 11.8. The molecule has 2 amide bonds. The van der Waals surface area contributed by atoms with Gasteiger partial charge in [0.15, 0.2) is 11.5 Å². The maximum absolute atomic E-state index is 13.7. The van der Waals surface area contributed by atoms with Gasteiger partial charge in [-0.2, -0.15) is 0 Å². The first-order valence-corrected chi connectivity index (χ1v) is 13.5. The lowest BCUT2D eigenvalue weighted by Crippen LogP contribution is -2.42. The van der Waals surface area contributed by atoms with E-state index in [1.807, 2.05) is 6.07 Å². The summed E-state index contributed by atoms with van der Waals surface area (Å²) in [6.07, 6.45) is 0.775. The standard InChI is InChI=1S/C26H21FN2O5S2/c1-34-16-8-10(2-7-15(16)30)17-18-13-9-14(21(18)35-23-22(17)36-26(33)28-23)20-19(13)24(31)29(25(20)32)12-5-3-11(27)4-6-12/h2-8,13-14,17-21,30H,9H2,1H3,(H,28,33)/t13-,14+,17+,18+,19+,20-,21-/m1/s1. The second-order valence-electron chi connectivity index (χ2n) is 9.88. The van der Waals surface area contributed by atoms with Gasteiger partial charge in [0.1, 0.15) is 5.82 Å². The zero-order valence-electron chi connectivity index (χ0n) is 19.0. The van der Waals surface area contributed by atoms with E-state index in [2.05, 4.69) is 4.98 Å². The highest BCUT2D eigenvalue weighted by Gasteiger charge is 2.69. The number of aromatic hydroxyl groups is 1. The fraction of sp³-hybridized carbons (Fsp3) is 0.346. The number of thiazole rings is 1. The molecule has 1 saturated heterocycles. The summed E-state index contributed by atoms with van der Waals surface area (Å²) >= 11 is 2.80. The topological polar surface area (TPSA) is 99.7 Å². The summed E-state index contributed by atoms with van der Waals surface area (Å²) in [5.74, 6) is -1.48. The number of benzene rings is 2. The normalized spacial score (nSPS) is 31.9. The van der Waals surface area contributed by atoms with Crippen LogP contribution in [0.25, 0.3) is 0 Å². The van der Waals surface area contributed by atoms with E-state index in [0.29, 0.717) is 11.4 Å². The smallest absolute Gasteiger partial charge is 0.305 e. The molecule has 1 aromatic heterocycles. The largest absolute Gasteiger partial charge is 0.504 e. The van der Waals surface area contributed by atoms with Gasteiger partial charge in [-0.3, -0.25) is 19.3 Å². The quantitative estimate of drug-likeness (QED) is 0.503. The lowest BCUT2D eigenvalue weighted by Gasteiger charge is -2.43. The van der Waals surface area contributed by atoms with Crippen LogP contribution in [-0.4, -0.2) is 34.3 Å². The van der Waals surface area contributed by atoms with E-state index in [4.69, 9.17) is 4.74 Å². The summed E-state index contributed by atoms with van der Waals surface area (Å²) in [4.78, 5) is 44.6. The van der Waals surface area contributed by atoms with Gasteiger partial charge >= 0.3 is 4.87 Å². The summed E-state index contributed by atoms with van der Waals surface area (Å²) in [5.41, 5.74) is 1.31. The molecule has 7 nitrogen and oxygen atoms in total. The van der Waals surface area contributed by atoms with Gasteiger partial charge in [0.05, 0.1) is 29.7 Å². The Labute approximate surface area is 213 Å². The molecule has 10 heteroatoms. The van der Waals surface area contributed by atoms with Crippen molar-refractivity contribution < 1.29 is 23.8 Å². The molecule has 7 atom stereocenters. The van der Waals surface area contributed by atoms with Crippen molar-refractivity contribution in [2.24, 2.45) is 29.6 Å². The van der Waals surface area contributed by atoms with Gasteiger partial charge in [0.2, 0.25) is 11.8 Å². The molecule has 2 aromatic carbocycles. The number of ether oxygens (including phenoxy) is 1. The van der Waals surface area contributed by atoms with E-state index in [9.17, 15) is 23.9 Å². The first kappa shape index (κ1) is 22.1. The van der Waals surface area contributed by atoms with Gasteiger partial charge in [-0.25, -0.2) is 4.39 Å². The van der Waals surface area contributed by atoms with Crippen molar-refractivity contribution in [1.29, 1.82) is 0 Å². The number of H-pyrrole nitrogens is 1. The average Bonchev–Trinajstić information content (AvgIpc) is 3.59. The highest BCUT2D eigenvalue weighted by Crippen LogP contribution is 2.68. The maximum atomic E-state index is 13.7. The van der Waals surface area contributed by atoms with Crippen LogP contribution in [0.5, 0.6) is 11.5 Å². The molecule has 184 valence electrons. The second kappa shape index (κ2) is 7.69. The van der Waals surface area contributed by atoms with Crippen molar-refractivity contribution in [3.8, 4) is 11.5 Å². The molecule has 36 heavy (non-hydrogen) atoms. The lowest BCUT2D eigenvalue weighted by atomic mass is 9.68. The van der Waals surface area contributed by atoms with Crippen LogP contribution >= 0.6 is 23.1 Å². The highest BCUT2D eigenvalue weighted by atomic mass is 32.2. The number of imide groups is 1. The van der Waals surface area contributed by atoms with Crippen molar-refractivity contribution in [3.05, 3.63) is 68.4 Å². The number of anilines is 1. The third kappa shape index (κ3) is 2.88. The summed E-state index contributed by atoms with van der Waals surface area (Å²) in [6, 6.07) is 10.7. The van der Waals surface area contributed by atoms with Crippen molar-refractivity contribution in [2.45, 2.75) is 22.6 Å². The first-order chi connectivity index (χ1) is 17.4. The van der Waals surface area contributed by atoms with Crippen LogP contribution in [0.1, 0.15) is 22.8 Å². The third-order valence-corrected chi connectivity index (χ3v) is 11.0. The van der Waals surface area contributed by atoms with Crippen LogP contribution in [-0.2, 0) is 9.59 Å². The Kier molecular flexibility index (Phi) is 4.73. The molecule has 3 aromatic rings. The average molecular weight is 525 g/mol. The molecule has 2 saturated carbocycles. The minimum Gasteiger partial charge on any atom is -0.504 e. The van der Waals surface area contributed by atoms with Crippen molar-refractivity contribution >= 4 is 40.6 Å². The van der Waals surface area contributed by atoms with E-state index >= 15 is 0 Å².